The largest absolute Gasteiger partial charge is 0.422 e. The maximum absolute atomic E-state index is 12.1. The molecule has 0 bridgehead atoms. The summed E-state index contributed by atoms with van der Waals surface area (Å²) in [6, 6.07) is 6.14. The van der Waals surface area contributed by atoms with E-state index in [-0.39, 0.29) is 43.6 Å². The molecular weight excluding hydrogens is 512 g/mol. The number of hydrogen-bond donors (Lipinski definition) is 3. The highest BCUT2D eigenvalue weighted by molar-refractivity contribution is 7.87. The molecule has 4 rings (SSSR count). The third-order valence-electron chi connectivity index (χ3n) is 5.13. The second kappa shape index (κ2) is 7.43. The molecule has 14 heteroatoms. The molecule has 4 aromatic rings. The fourth-order valence-corrected chi connectivity index (χ4v) is 5.99. The van der Waals surface area contributed by atoms with Crippen molar-refractivity contribution in [3.05, 3.63) is 48.6 Å². The summed E-state index contributed by atoms with van der Waals surface area (Å²) in [4.78, 5) is 9.68. The summed E-state index contributed by atoms with van der Waals surface area (Å²) in [5.74, 6) is -1.29. The Hall–Kier alpha value is -3.14. The van der Waals surface area contributed by atoms with E-state index in [1.165, 1.54) is 19.1 Å². The van der Waals surface area contributed by atoms with Crippen molar-refractivity contribution in [1.29, 1.82) is 0 Å². The third kappa shape index (κ3) is 3.79. The quantitative estimate of drug-likeness (QED) is 0.114. The SMILES string of the molecule is C=C(C)C(=O)Oc1cc(S(=O)(=O)O)c2ccc3c(S(=O)(=O)O)cc(S(=O)(=O)O)c4ccc1c2c43. The van der Waals surface area contributed by atoms with Crippen LogP contribution in [-0.2, 0) is 35.1 Å². The molecule has 0 heterocycles. The van der Waals surface area contributed by atoms with Crippen LogP contribution in [0.15, 0.2) is 63.2 Å². The number of ether oxygens (including phenoxy) is 1. The molecule has 0 aromatic heterocycles. The maximum atomic E-state index is 12.1. The average molecular weight is 527 g/mol. The molecule has 3 N–H and O–H groups in total. The molecule has 0 amide bonds. The Morgan fingerprint density at radius 3 is 1.44 bits per heavy atom. The minimum atomic E-state index is -5.03. The van der Waals surface area contributed by atoms with Gasteiger partial charge in [-0.05, 0) is 19.1 Å². The van der Waals surface area contributed by atoms with Crippen molar-refractivity contribution in [3.8, 4) is 5.75 Å². The number of carbonyl (C=O) groups is 1. The van der Waals surface area contributed by atoms with Gasteiger partial charge >= 0.3 is 5.97 Å². The van der Waals surface area contributed by atoms with Crippen LogP contribution in [0.4, 0.5) is 0 Å². The van der Waals surface area contributed by atoms with Gasteiger partial charge in [-0.1, -0.05) is 24.8 Å². The van der Waals surface area contributed by atoms with Crippen molar-refractivity contribution >= 4 is 68.6 Å². The second-order valence-corrected chi connectivity index (χ2v) is 11.6. The zero-order valence-electron chi connectivity index (χ0n) is 17.0. The molecule has 0 radical (unpaired) electrons. The number of carbonyl (C=O) groups excluding carboxylic acids is 1. The monoisotopic (exact) mass is 526 g/mol. The van der Waals surface area contributed by atoms with E-state index >= 15 is 0 Å². The van der Waals surface area contributed by atoms with Crippen molar-refractivity contribution in [2.45, 2.75) is 21.6 Å². The lowest BCUT2D eigenvalue weighted by Gasteiger charge is -2.18. The summed E-state index contributed by atoms with van der Waals surface area (Å²) < 4.78 is 107. The zero-order valence-corrected chi connectivity index (χ0v) is 19.5. The summed E-state index contributed by atoms with van der Waals surface area (Å²) in [5.41, 5.74) is -0.0404. The van der Waals surface area contributed by atoms with Crippen LogP contribution >= 0.6 is 0 Å². The molecule has 0 atom stereocenters. The lowest BCUT2D eigenvalue weighted by molar-refractivity contribution is -0.130. The van der Waals surface area contributed by atoms with E-state index in [0.717, 1.165) is 18.2 Å². The molecule has 34 heavy (non-hydrogen) atoms. The van der Waals surface area contributed by atoms with Crippen molar-refractivity contribution in [3.63, 3.8) is 0 Å². The van der Waals surface area contributed by atoms with E-state index in [1.54, 1.807) is 0 Å². The lowest BCUT2D eigenvalue weighted by Crippen LogP contribution is -2.10. The normalized spacial score (nSPS) is 13.1. The smallest absolute Gasteiger partial charge is 0.338 e. The maximum Gasteiger partial charge on any atom is 0.338 e. The van der Waals surface area contributed by atoms with Gasteiger partial charge in [0.25, 0.3) is 30.4 Å². The zero-order chi connectivity index (χ0) is 25.4. The lowest BCUT2D eigenvalue weighted by atomic mass is 9.93. The number of benzene rings is 4. The van der Waals surface area contributed by atoms with Crippen molar-refractivity contribution in [2.24, 2.45) is 0 Å². The molecule has 11 nitrogen and oxygen atoms in total. The van der Waals surface area contributed by atoms with Crippen molar-refractivity contribution in [2.75, 3.05) is 0 Å². The first-order chi connectivity index (χ1) is 15.5. The van der Waals surface area contributed by atoms with Gasteiger partial charge in [0.15, 0.2) is 0 Å². The van der Waals surface area contributed by atoms with E-state index in [9.17, 15) is 43.7 Å². The predicted octanol–water partition coefficient (Wildman–Crippen LogP) is 2.81. The van der Waals surface area contributed by atoms with Crippen LogP contribution in [0.2, 0.25) is 0 Å². The fourth-order valence-electron chi connectivity index (χ4n) is 3.78. The Morgan fingerprint density at radius 2 is 1.06 bits per heavy atom. The molecular formula is C20H14O11S3. The van der Waals surface area contributed by atoms with Gasteiger partial charge in [-0.2, -0.15) is 25.3 Å². The number of rotatable bonds is 5. The highest BCUT2D eigenvalue weighted by Gasteiger charge is 2.28. The second-order valence-electron chi connectivity index (χ2n) is 7.41. The van der Waals surface area contributed by atoms with E-state index in [0.29, 0.717) is 6.07 Å². The molecule has 0 spiro atoms. The van der Waals surface area contributed by atoms with Crippen LogP contribution in [0.5, 0.6) is 5.75 Å². The van der Waals surface area contributed by atoms with Crippen LogP contribution in [0.25, 0.3) is 32.3 Å². The van der Waals surface area contributed by atoms with Gasteiger partial charge in [0.05, 0.1) is 0 Å². The highest BCUT2D eigenvalue weighted by Crippen LogP contribution is 2.45. The summed E-state index contributed by atoms with van der Waals surface area (Å²) >= 11 is 0. The van der Waals surface area contributed by atoms with Crippen molar-refractivity contribution < 1.29 is 48.4 Å². The minimum Gasteiger partial charge on any atom is -0.422 e. The fraction of sp³-hybridized carbons (Fsp3) is 0.0500. The Morgan fingerprint density at radius 1 is 0.706 bits per heavy atom. The van der Waals surface area contributed by atoms with Crippen LogP contribution < -0.4 is 4.74 Å². The molecule has 4 aromatic carbocycles. The van der Waals surface area contributed by atoms with Gasteiger partial charge < -0.3 is 4.74 Å². The van der Waals surface area contributed by atoms with Gasteiger partial charge in [0.2, 0.25) is 0 Å². The summed E-state index contributed by atoms with van der Waals surface area (Å²) in [7, 11) is -15.0. The topological polar surface area (TPSA) is 189 Å². The first kappa shape index (κ1) is 24.0. The third-order valence-corrected chi connectivity index (χ3v) is 7.81. The average Bonchev–Trinajstić information content (AvgIpc) is 2.69. The standard InChI is InChI=1S/C20H14O11S3/c1-9(2)20(21)31-14-7-15(32(22,23)24)11-5-6-13-17(34(28,29)30)8-16(33(25,26)27)12-4-3-10(14)18(11)19(12)13/h3-8H,1H2,2H3,(H,22,23,24)(H,25,26,27)(H,28,29,30). The summed E-state index contributed by atoms with van der Waals surface area (Å²) in [6.07, 6.45) is 0. The Balaban J connectivity index is 2.37. The van der Waals surface area contributed by atoms with Gasteiger partial charge in [-0.3, -0.25) is 13.7 Å². The molecule has 0 aliphatic heterocycles. The van der Waals surface area contributed by atoms with Crippen LogP contribution in [0.3, 0.4) is 0 Å². The van der Waals surface area contributed by atoms with Crippen LogP contribution in [-0.4, -0.2) is 44.9 Å². The van der Waals surface area contributed by atoms with Gasteiger partial charge in [-0.25, -0.2) is 4.79 Å². The number of esters is 1. The molecule has 178 valence electrons. The highest BCUT2D eigenvalue weighted by atomic mass is 32.2. The van der Waals surface area contributed by atoms with Crippen molar-refractivity contribution in [1.82, 2.24) is 0 Å². The van der Waals surface area contributed by atoms with Gasteiger partial charge in [-0.15, -0.1) is 0 Å². The summed E-state index contributed by atoms with van der Waals surface area (Å²) in [5, 5.41) is -0.843. The van der Waals surface area contributed by atoms with E-state index in [2.05, 4.69) is 6.58 Å². The Bertz CT molecular complexity index is 1830. The van der Waals surface area contributed by atoms with E-state index < -0.39 is 51.0 Å². The molecule has 0 aliphatic rings. The van der Waals surface area contributed by atoms with Gasteiger partial charge in [0.1, 0.15) is 20.4 Å². The Labute approximate surface area is 192 Å². The molecule has 0 saturated carbocycles. The van der Waals surface area contributed by atoms with Crippen LogP contribution in [0, 0.1) is 0 Å². The van der Waals surface area contributed by atoms with E-state index in [4.69, 9.17) is 4.74 Å². The number of hydrogen-bond acceptors (Lipinski definition) is 8. The summed E-state index contributed by atoms with van der Waals surface area (Å²) in [6.45, 7) is 4.76. The first-order valence-corrected chi connectivity index (χ1v) is 13.4. The molecule has 0 unspecified atom stereocenters. The molecule has 0 saturated heterocycles. The molecule has 0 aliphatic carbocycles. The predicted molar refractivity (Wildman–Crippen MR) is 120 cm³/mol. The minimum absolute atomic E-state index is 0.0404. The van der Waals surface area contributed by atoms with E-state index in [1.807, 2.05) is 0 Å². The molecule has 0 fully saturated rings. The van der Waals surface area contributed by atoms with Crippen LogP contribution in [0.1, 0.15) is 6.92 Å². The van der Waals surface area contributed by atoms with Gasteiger partial charge in [0, 0.05) is 44.0 Å². The first-order valence-electron chi connectivity index (χ1n) is 9.10. The Kier molecular flexibility index (Phi) is 5.24.